The maximum Gasteiger partial charge on any atom is 0.410 e. The van der Waals surface area contributed by atoms with Gasteiger partial charge in [0.25, 0.3) is 0 Å². The van der Waals surface area contributed by atoms with Gasteiger partial charge in [0, 0.05) is 23.8 Å². The van der Waals surface area contributed by atoms with Crippen LogP contribution in [-0.4, -0.2) is 38.3 Å². The first-order valence-electron chi connectivity index (χ1n) is 6.80. The molecular formula is C14H20ClNO4S. The zero-order valence-electron chi connectivity index (χ0n) is 12.0. The normalized spacial score (nSPS) is 11.1. The van der Waals surface area contributed by atoms with Crippen LogP contribution < -0.4 is 0 Å². The number of hydrogen-bond acceptors (Lipinski definition) is 4. The van der Waals surface area contributed by atoms with E-state index < -0.39 is 15.1 Å². The van der Waals surface area contributed by atoms with E-state index >= 15 is 0 Å². The minimum atomic E-state index is -3.62. The summed E-state index contributed by atoms with van der Waals surface area (Å²) in [5.74, 6) is -0.279. The second-order valence-electron chi connectivity index (χ2n) is 4.62. The van der Waals surface area contributed by atoms with Crippen molar-refractivity contribution in [3.05, 3.63) is 35.9 Å². The maximum absolute atomic E-state index is 12.0. The van der Waals surface area contributed by atoms with E-state index in [-0.39, 0.29) is 18.9 Å². The van der Waals surface area contributed by atoms with Crippen LogP contribution in [0, 0.1) is 0 Å². The molecule has 21 heavy (non-hydrogen) atoms. The third-order valence-electron chi connectivity index (χ3n) is 2.85. The van der Waals surface area contributed by atoms with Gasteiger partial charge in [0.1, 0.15) is 6.61 Å². The molecule has 0 heterocycles. The van der Waals surface area contributed by atoms with E-state index in [0.29, 0.717) is 6.54 Å². The quantitative estimate of drug-likeness (QED) is 0.686. The summed E-state index contributed by atoms with van der Waals surface area (Å²) < 4.78 is 27.2. The largest absolute Gasteiger partial charge is 0.445 e. The smallest absolute Gasteiger partial charge is 0.410 e. The summed E-state index contributed by atoms with van der Waals surface area (Å²) >= 11 is 0. The van der Waals surface area contributed by atoms with Crippen LogP contribution in [-0.2, 0) is 20.4 Å². The van der Waals surface area contributed by atoms with Crippen molar-refractivity contribution in [1.29, 1.82) is 0 Å². The summed E-state index contributed by atoms with van der Waals surface area (Å²) in [6, 6.07) is 9.31. The van der Waals surface area contributed by atoms with E-state index in [9.17, 15) is 13.2 Å². The molecule has 0 atom stereocenters. The van der Waals surface area contributed by atoms with Gasteiger partial charge in [0.2, 0.25) is 9.05 Å². The highest BCUT2D eigenvalue weighted by molar-refractivity contribution is 8.13. The van der Waals surface area contributed by atoms with E-state index in [0.717, 1.165) is 18.4 Å². The molecule has 1 rings (SSSR count). The van der Waals surface area contributed by atoms with Crippen LogP contribution in [0.4, 0.5) is 4.79 Å². The van der Waals surface area contributed by atoms with Gasteiger partial charge < -0.3 is 9.64 Å². The van der Waals surface area contributed by atoms with E-state index in [2.05, 4.69) is 0 Å². The van der Waals surface area contributed by atoms with Crippen LogP contribution in [0.25, 0.3) is 0 Å². The molecule has 0 spiro atoms. The monoisotopic (exact) mass is 333 g/mol. The molecule has 0 bridgehead atoms. The lowest BCUT2D eigenvalue weighted by atomic mass is 10.2. The average Bonchev–Trinajstić information content (AvgIpc) is 2.45. The highest BCUT2D eigenvalue weighted by Crippen LogP contribution is 2.06. The molecule has 0 fully saturated rings. The van der Waals surface area contributed by atoms with Gasteiger partial charge in [-0.2, -0.15) is 0 Å². The lowest BCUT2D eigenvalue weighted by Crippen LogP contribution is -2.35. The summed E-state index contributed by atoms with van der Waals surface area (Å²) in [5, 5.41) is 0. The molecule has 0 N–H and O–H groups in total. The Bertz CT molecular complexity index is 533. The molecule has 1 aromatic carbocycles. The second kappa shape index (κ2) is 8.89. The first-order valence-corrected chi connectivity index (χ1v) is 9.28. The lowest BCUT2D eigenvalue weighted by Gasteiger charge is -2.21. The highest BCUT2D eigenvalue weighted by Gasteiger charge is 2.17. The zero-order chi connectivity index (χ0) is 15.7. The fourth-order valence-electron chi connectivity index (χ4n) is 1.67. The Balaban J connectivity index is 2.53. The first kappa shape index (κ1) is 17.8. The summed E-state index contributed by atoms with van der Waals surface area (Å²) in [7, 11) is 1.56. The Labute approximate surface area is 130 Å². The summed E-state index contributed by atoms with van der Waals surface area (Å²) in [6.07, 6.45) is 1.16. The van der Waals surface area contributed by atoms with Gasteiger partial charge in [0.15, 0.2) is 0 Å². The molecule has 1 amide bonds. The Morgan fingerprint density at radius 3 is 2.48 bits per heavy atom. The number of amides is 1. The number of benzene rings is 1. The van der Waals surface area contributed by atoms with Crippen LogP contribution in [0.1, 0.15) is 25.3 Å². The first-order chi connectivity index (χ1) is 9.92. The van der Waals surface area contributed by atoms with Crippen LogP contribution in [0.3, 0.4) is 0 Å². The van der Waals surface area contributed by atoms with Crippen molar-refractivity contribution < 1.29 is 17.9 Å². The van der Waals surface area contributed by atoms with Crippen LogP contribution in [0.5, 0.6) is 0 Å². The van der Waals surface area contributed by atoms with Crippen molar-refractivity contribution in [2.24, 2.45) is 0 Å². The third kappa shape index (κ3) is 7.92. The lowest BCUT2D eigenvalue weighted by molar-refractivity contribution is 0.0978. The summed E-state index contributed by atoms with van der Waals surface area (Å²) in [5.41, 5.74) is 0.881. The fourth-order valence-corrected chi connectivity index (χ4v) is 2.32. The van der Waals surface area contributed by atoms with Gasteiger partial charge in [-0.15, -0.1) is 0 Å². The highest BCUT2D eigenvalue weighted by atomic mass is 35.7. The number of carbonyl (C=O) groups is 1. The molecule has 0 saturated carbocycles. The molecule has 0 aliphatic heterocycles. The molecule has 0 aliphatic carbocycles. The van der Waals surface area contributed by atoms with E-state index in [4.69, 9.17) is 15.4 Å². The molecule has 0 aromatic heterocycles. The maximum atomic E-state index is 12.0. The Morgan fingerprint density at radius 2 is 1.90 bits per heavy atom. The molecule has 5 nitrogen and oxygen atoms in total. The van der Waals surface area contributed by atoms with Crippen molar-refractivity contribution in [3.63, 3.8) is 0 Å². The molecule has 0 radical (unpaired) electrons. The average molecular weight is 334 g/mol. The van der Waals surface area contributed by atoms with Crippen LogP contribution >= 0.6 is 10.7 Å². The molecule has 0 saturated heterocycles. The topological polar surface area (TPSA) is 63.7 Å². The van der Waals surface area contributed by atoms with Crippen molar-refractivity contribution in [3.8, 4) is 0 Å². The van der Waals surface area contributed by atoms with Crippen molar-refractivity contribution in [1.82, 2.24) is 4.90 Å². The van der Waals surface area contributed by atoms with Gasteiger partial charge in [-0.3, -0.25) is 0 Å². The van der Waals surface area contributed by atoms with Gasteiger partial charge >= 0.3 is 6.09 Å². The molecule has 1 aromatic rings. The Kier molecular flexibility index (Phi) is 7.53. The SMILES string of the molecule is CCCCN(CCS(=O)(=O)Cl)C(=O)OCc1ccccc1. The van der Waals surface area contributed by atoms with Crippen LogP contribution in [0.15, 0.2) is 30.3 Å². The minimum absolute atomic E-state index is 0.0411. The molecule has 118 valence electrons. The molecule has 7 heteroatoms. The van der Waals surface area contributed by atoms with Crippen molar-refractivity contribution >= 4 is 25.8 Å². The number of hydrogen-bond donors (Lipinski definition) is 0. The molecular weight excluding hydrogens is 314 g/mol. The van der Waals surface area contributed by atoms with Gasteiger partial charge in [-0.05, 0) is 12.0 Å². The third-order valence-corrected chi connectivity index (χ3v) is 3.98. The summed E-state index contributed by atoms with van der Waals surface area (Å²) in [4.78, 5) is 13.4. The number of ether oxygens (including phenoxy) is 1. The predicted octanol–water partition coefficient (Wildman–Crippen LogP) is 2.99. The number of carbonyl (C=O) groups excluding carboxylic acids is 1. The van der Waals surface area contributed by atoms with Gasteiger partial charge in [0.05, 0.1) is 5.75 Å². The Hall–Kier alpha value is -1.27. The molecule has 0 aliphatic rings. The van der Waals surface area contributed by atoms with E-state index in [1.54, 1.807) is 0 Å². The zero-order valence-corrected chi connectivity index (χ0v) is 13.6. The van der Waals surface area contributed by atoms with E-state index in [1.165, 1.54) is 4.90 Å². The minimum Gasteiger partial charge on any atom is -0.445 e. The van der Waals surface area contributed by atoms with Gasteiger partial charge in [-0.1, -0.05) is 43.7 Å². The number of nitrogens with zero attached hydrogens (tertiary/aromatic N) is 1. The standard InChI is InChI=1S/C14H20ClNO4S/c1-2-3-9-16(10-11-21(15,18)19)14(17)20-12-13-7-5-4-6-8-13/h4-8H,2-3,9-12H2,1H3. The van der Waals surface area contributed by atoms with E-state index in [1.807, 2.05) is 37.3 Å². The number of halogens is 1. The Morgan fingerprint density at radius 1 is 1.24 bits per heavy atom. The fraction of sp³-hybridized carbons (Fsp3) is 0.500. The van der Waals surface area contributed by atoms with Crippen molar-refractivity contribution in [2.45, 2.75) is 26.4 Å². The number of unbranched alkanes of at least 4 members (excludes halogenated alkanes) is 1. The van der Waals surface area contributed by atoms with Crippen LogP contribution in [0.2, 0.25) is 0 Å². The molecule has 0 unspecified atom stereocenters. The number of rotatable bonds is 8. The van der Waals surface area contributed by atoms with Gasteiger partial charge in [-0.25, -0.2) is 13.2 Å². The van der Waals surface area contributed by atoms with Crippen molar-refractivity contribution in [2.75, 3.05) is 18.8 Å². The summed E-state index contributed by atoms with van der Waals surface area (Å²) in [6.45, 7) is 2.65. The second-order valence-corrected chi connectivity index (χ2v) is 7.52. The predicted molar refractivity (Wildman–Crippen MR) is 82.7 cm³/mol.